The van der Waals surface area contributed by atoms with Crippen molar-refractivity contribution in [3.05, 3.63) is 87.2 Å². The van der Waals surface area contributed by atoms with E-state index in [9.17, 15) is 18.4 Å². The summed E-state index contributed by atoms with van der Waals surface area (Å²) in [6, 6.07) is 10.5. The van der Waals surface area contributed by atoms with Crippen LogP contribution in [0.3, 0.4) is 0 Å². The highest BCUT2D eigenvalue weighted by Crippen LogP contribution is 2.23. The molecule has 1 unspecified atom stereocenters. The molecule has 0 aliphatic carbocycles. The molecule has 1 aromatic heterocycles. The average Bonchev–Trinajstić information content (AvgIpc) is 2.98. The van der Waals surface area contributed by atoms with Crippen molar-refractivity contribution in [2.24, 2.45) is 0 Å². The van der Waals surface area contributed by atoms with Crippen molar-refractivity contribution in [3.63, 3.8) is 0 Å². The average molecular weight is 433 g/mol. The van der Waals surface area contributed by atoms with Gasteiger partial charge < -0.3 is 4.74 Å². The molecule has 1 heterocycles. The number of benzene rings is 2. The molecule has 5 nitrogen and oxygen atoms in total. The largest absolute Gasteiger partial charge is 0.451 e. The van der Waals surface area contributed by atoms with Crippen molar-refractivity contribution >= 4 is 23.4 Å². The molecule has 0 aliphatic rings. The van der Waals surface area contributed by atoms with E-state index in [4.69, 9.17) is 16.3 Å². The molecule has 156 valence electrons. The Morgan fingerprint density at radius 1 is 1.10 bits per heavy atom. The second-order valence-corrected chi connectivity index (χ2v) is 7.29. The van der Waals surface area contributed by atoms with Crippen molar-refractivity contribution in [1.29, 1.82) is 0 Å². The molecule has 0 aliphatic heterocycles. The number of hydrogen-bond acceptors (Lipinski definition) is 4. The summed E-state index contributed by atoms with van der Waals surface area (Å²) in [5.41, 5.74) is 2.36. The van der Waals surface area contributed by atoms with Gasteiger partial charge in [0, 0.05) is 5.56 Å². The molecule has 3 rings (SSSR count). The number of hydrogen-bond donors (Lipinski definition) is 0. The van der Waals surface area contributed by atoms with E-state index in [-0.39, 0.29) is 16.3 Å². The fourth-order valence-corrected chi connectivity index (χ4v) is 3.22. The minimum absolute atomic E-state index is 0.0497. The number of rotatable bonds is 6. The zero-order valence-corrected chi connectivity index (χ0v) is 17.3. The molecule has 0 N–H and O–H groups in total. The molecule has 0 radical (unpaired) electrons. The second kappa shape index (κ2) is 8.75. The van der Waals surface area contributed by atoms with Gasteiger partial charge in [0.05, 0.1) is 12.2 Å². The molecule has 0 saturated heterocycles. The number of halogens is 3. The topological polar surface area (TPSA) is 61.2 Å². The van der Waals surface area contributed by atoms with Gasteiger partial charge in [0.25, 0.3) is 0 Å². The van der Waals surface area contributed by atoms with E-state index in [2.05, 4.69) is 5.10 Å². The highest BCUT2D eigenvalue weighted by molar-refractivity contribution is 6.32. The van der Waals surface area contributed by atoms with Gasteiger partial charge in [0.15, 0.2) is 17.7 Å². The summed E-state index contributed by atoms with van der Waals surface area (Å²) in [5.74, 6) is -3.71. The standard InChI is InChI=1S/C22H19ClF2N2O3/c1-12-4-6-15(7-5-12)11-27-21(23)19(13(2)26-27)22(29)30-14(3)20(28)16-8-9-17(24)18(25)10-16/h4-10,14H,11H2,1-3H3. The van der Waals surface area contributed by atoms with Gasteiger partial charge >= 0.3 is 5.97 Å². The second-order valence-electron chi connectivity index (χ2n) is 6.94. The first-order valence-electron chi connectivity index (χ1n) is 9.16. The Labute approximate surface area is 177 Å². The van der Waals surface area contributed by atoms with Crippen molar-refractivity contribution < 1.29 is 23.1 Å². The van der Waals surface area contributed by atoms with E-state index in [0.29, 0.717) is 12.2 Å². The van der Waals surface area contributed by atoms with Crippen LogP contribution in [-0.2, 0) is 11.3 Å². The molecule has 8 heteroatoms. The van der Waals surface area contributed by atoms with Gasteiger partial charge in [-0.05, 0) is 44.5 Å². The summed E-state index contributed by atoms with van der Waals surface area (Å²) in [6.45, 7) is 5.29. The molecule has 0 bridgehead atoms. The number of aryl methyl sites for hydroxylation is 2. The number of nitrogens with zero attached hydrogens (tertiary/aromatic N) is 2. The van der Waals surface area contributed by atoms with Gasteiger partial charge in [-0.2, -0.15) is 5.10 Å². The maximum Gasteiger partial charge on any atom is 0.343 e. The number of aromatic nitrogens is 2. The Balaban J connectivity index is 1.76. The Hall–Kier alpha value is -3.06. The van der Waals surface area contributed by atoms with Gasteiger partial charge in [-0.1, -0.05) is 41.4 Å². The molecule has 1 atom stereocenters. The van der Waals surface area contributed by atoms with E-state index in [1.807, 2.05) is 31.2 Å². The van der Waals surface area contributed by atoms with E-state index in [1.165, 1.54) is 11.6 Å². The summed E-state index contributed by atoms with van der Waals surface area (Å²) >= 11 is 6.35. The SMILES string of the molecule is Cc1ccc(Cn2nc(C)c(C(=O)OC(C)C(=O)c3ccc(F)c(F)c3)c2Cl)cc1. The van der Waals surface area contributed by atoms with Crippen LogP contribution in [-0.4, -0.2) is 27.6 Å². The lowest BCUT2D eigenvalue weighted by atomic mass is 10.1. The highest BCUT2D eigenvalue weighted by atomic mass is 35.5. The van der Waals surface area contributed by atoms with Gasteiger partial charge in [-0.25, -0.2) is 18.3 Å². The maximum atomic E-state index is 13.4. The van der Waals surface area contributed by atoms with E-state index < -0.39 is 29.5 Å². The number of ether oxygens (including phenoxy) is 1. The fourth-order valence-electron chi connectivity index (χ4n) is 2.91. The van der Waals surface area contributed by atoms with Crippen molar-refractivity contribution in [2.75, 3.05) is 0 Å². The first-order valence-corrected chi connectivity index (χ1v) is 9.54. The molecule has 0 spiro atoms. The molecular formula is C22H19ClF2N2O3. The normalized spacial score (nSPS) is 11.9. The Morgan fingerprint density at radius 3 is 2.40 bits per heavy atom. The Kier molecular flexibility index (Phi) is 6.31. The van der Waals surface area contributed by atoms with E-state index in [0.717, 1.165) is 29.3 Å². The molecule has 0 amide bonds. The first-order chi connectivity index (χ1) is 14.2. The minimum Gasteiger partial charge on any atom is -0.451 e. The third kappa shape index (κ3) is 4.57. The van der Waals surface area contributed by atoms with E-state index >= 15 is 0 Å². The van der Waals surface area contributed by atoms with Crippen LogP contribution < -0.4 is 0 Å². The van der Waals surface area contributed by atoms with Crippen LogP contribution >= 0.6 is 11.6 Å². The Bertz CT molecular complexity index is 1110. The number of ketones is 1. The smallest absolute Gasteiger partial charge is 0.343 e. The highest BCUT2D eigenvalue weighted by Gasteiger charge is 2.26. The number of carbonyl (C=O) groups excluding carboxylic acids is 2. The lowest BCUT2D eigenvalue weighted by Gasteiger charge is -2.12. The van der Waals surface area contributed by atoms with Gasteiger partial charge in [-0.15, -0.1) is 0 Å². The van der Waals surface area contributed by atoms with Gasteiger partial charge in [-0.3, -0.25) is 4.79 Å². The van der Waals surface area contributed by atoms with Crippen LogP contribution in [0.4, 0.5) is 8.78 Å². The summed E-state index contributed by atoms with van der Waals surface area (Å²) in [7, 11) is 0. The van der Waals surface area contributed by atoms with Crippen LogP contribution in [0.5, 0.6) is 0 Å². The number of Topliss-reactive ketones (excluding diaryl/α,β-unsaturated/α-hetero) is 1. The van der Waals surface area contributed by atoms with Crippen LogP contribution in [0, 0.1) is 25.5 Å². The maximum absolute atomic E-state index is 13.4. The summed E-state index contributed by atoms with van der Waals surface area (Å²) in [5, 5.41) is 4.38. The zero-order valence-electron chi connectivity index (χ0n) is 16.6. The van der Waals surface area contributed by atoms with Crippen LogP contribution in [0.25, 0.3) is 0 Å². The minimum atomic E-state index is -1.22. The third-order valence-corrected chi connectivity index (χ3v) is 4.96. The quantitative estimate of drug-likeness (QED) is 0.410. The monoisotopic (exact) mass is 432 g/mol. The molecule has 0 fully saturated rings. The number of esters is 1. The zero-order chi connectivity index (χ0) is 22.0. The lowest BCUT2D eigenvalue weighted by molar-refractivity contribution is 0.0318. The van der Waals surface area contributed by atoms with Crippen LogP contribution in [0.15, 0.2) is 42.5 Å². The molecule has 30 heavy (non-hydrogen) atoms. The number of carbonyl (C=O) groups is 2. The van der Waals surface area contributed by atoms with Crippen molar-refractivity contribution in [3.8, 4) is 0 Å². The van der Waals surface area contributed by atoms with Crippen molar-refractivity contribution in [2.45, 2.75) is 33.4 Å². The van der Waals surface area contributed by atoms with E-state index in [1.54, 1.807) is 6.92 Å². The van der Waals surface area contributed by atoms with Gasteiger partial charge in [0.2, 0.25) is 5.78 Å². The molecule has 3 aromatic rings. The lowest BCUT2D eigenvalue weighted by Crippen LogP contribution is -2.25. The molecular weight excluding hydrogens is 414 g/mol. The predicted molar refractivity (Wildman–Crippen MR) is 108 cm³/mol. The fraction of sp³-hybridized carbons (Fsp3) is 0.227. The first kappa shape index (κ1) is 21.6. The van der Waals surface area contributed by atoms with Gasteiger partial charge in [0.1, 0.15) is 10.7 Å². The molecule has 0 saturated carbocycles. The summed E-state index contributed by atoms with van der Waals surface area (Å²) < 4.78 is 33.1. The Morgan fingerprint density at radius 2 is 1.77 bits per heavy atom. The summed E-state index contributed by atoms with van der Waals surface area (Å²) in [6.07, 6.45) is -1.22. The third-order valence-electron chi connectivity index (χ3n) is 4.58. The van der Waals surface area contributed by atoms with Crippen molar-refractivity contribution in [1.82, 2.24) is 9.78 Å². The van der Waals surface area contributed by atoms with Crippen LogP contribution in [0.2, 0.25) is 5.15 Å². The molecule has 2 aromatic carbocycles. The predicted octanol–water partition coefficient (Wildman–Crippen LogP) is 4.91. The van der Waals surface area contributed by atoms with Crippen LogP contribution in [0.1, 0.15) is 44.5 Å². The summed E-state index contributed by atoms with van der Waals surface area (Å²) in [4.78, 5) is 25.0.